The molecule has 15 heavy (non-hydrogen) atoms. The van der Waals surface area contributed by atoms with Crippen molar-refractivity contribution in [3.05, 3.63) is 0 Å². The molecule has 5 heteroatoms. The van der Waals surface area contributed by atoms with E-state index in [2.05, 4.69) is 4.74 Å². The number of hydrogen-bond donors (Lipinski definition) is 0. The van der Waals surface area contributed by atoms with Gasteiger partial charge in [-0.25, -0.2) is 0 Å². The maximum atomic E-state index is 11.5. The number of methoxy groups -OCH3 is 1. The Bertz CT molecular complexity index is 276. The van der Waals surface area contributed by atoms with Crippen LogP contribution in [0, 0.1) is 11.3 Å². The molecule has 0 spiro atoms. The Balaban J connectivity index is 0.00000196. The van der Waals surface area contributed by atoms with Gasteiger partial charge in [0.25, 0.3) is 0 Å². The molecule has 0 bridgehead atoms. The van der Waals surface area contributed by atoms with E-state index in [1.54, 1.807) is 0 Å². The van der Waals surface area contributed by atoms with Gasteiger partial charge in [0.05, 0.1) is 7.11 Å². The number of Topliss-reactive ketones (excluding diaryl/α,β-unsaturated/α-hetero) is 2. The van der Waals surface area contributed by atoms with Crippen molar-refractivity contribution < 1.29 is 19.1 Å². The van der Waals surface area contributed by atoms with Crippen LogP contribution in [-0.2, 0) is 19.1 Å². The van der Waals surface area contributed by atoms with E-state index in [0.29, 0.717) is 0 Å². The Labute approximate surface area is 111 Å². The average Bonchev–Trinajstić information content (AvgIpc) is 1.99. The molecule has 0 amide bonds. The number of ketones is 2. The van der Waals surface area contributed by atoms with Crippen LogP contribution in [0.2, 0.25) is 0 Å². The molecular formula is C10H15NaO4. The summed E-state index contributed by atoms with van der Waals surface area (Å²) in [6.07, 6.45) is 0.525. The molecule has 4 nitrogen and oxygen atoms in total. The average molecular weight is 222 g/mol. The van der Waals surface area contributed by atoms with Crippen molar-refractivity contribution in [3.8, 4) is 0 Å². The van der Waals surface area contributed by atoms with E-state index in [0.717, 1.165) is 0 Å². The van der Waals surface area contributed by atoms with Gasteiger partial charge in [-0.1, -0.05) is 13.8 Å². The van der Waals surface area contributed by atoms with E-state index in [-0.39, 0.29) is 59.4 Å². The molecule has 0 atom stereocenters. The van der Waals surface area contributed by atoms with E-state index < -0.39 is 11.9 Å². The van der Waals surface area contributed by atoms with Crippen LogP contribution in [0.25, 0.3) is 0 Å². The minimum absolute atomic E-state index is 0. The summed E-state index contributed by atoms with van der Waals surface area (Å²) >= 11 is 0. The van der Waals surface area contributed by atoms with Crippen molar-refractivity contribution >= 4 is 47.1 Å². The summed E-state index contributed by atoms with van der Waals surface area (Å²) in [5.41, 5.74) is -0.321. The van der Waals surface area contributed by atoms with Crippen molar-refractivity contribution in [2.75, 3.05) is 7.11 Å². The van der Waals surface area contributed by atoms with Crippen LogP contribution < -0.4 is 0 Å². The van der Waals surface area contributed by atoms with Gasteiger partial charge in [-0.15, -0.1) is 0 Å². The van der Waals surface area contributed by atoms with Crippen LogP contribution in [0.3, 0.4) is 0 Å². The van der Waals surface area contributed by atoms with E-state index in [4.69, 9.17) is 0 Å². The quantitative estimate of drug-likeness (QED) is 0.358. The maximum absolute atomic E-state index is 11.5. The molecule has 0 radical (unpaired) electrons. The zero-order valence-corrected chi connectivity index (χ0v) is 8.62. The summed E-state index contributed by atoms with van der Waals surface area (Å²) in [4.78, 5) is 34.1. The molecule has 0 aromatic heterocycles. The van der Waals surface area contributed by atoms with Crippen molar-refractivity contribution in [2.24, 2.45) is 11.3 Å². The van der Waals surface area contributed by atoms with Crippen LogP contribution in [0.4, 0.5) is 0 Å². The summed E-state index contributed by atoms with van der Waals surface area (Å²) in [5.74, 6) is -2.54. The molecular weight excluding hydrogens is 207 g/mol. The van der Waals surface area contributed by atoms with Gasteiger partial charge in [0, 0.05) is 12.8 Å². The van der Waals surface area contributed by atoms with Crippen LogP contribution in [0.15, 0.2) is 0 Å². The fourth-order valence-corrected chi connectivity index (χ4v) is 1.77. The first-order chi connectivity index (χ1) is 6.37. The van der Waals surface area contributed by atoms with Crippen LogP contribution in [0.1, 0.15) is 26.7 Å². The predicted molar refractivity (Wildman–Crippen MR) is 55.7 cm³/mol. The number of esters is 1. The molecule has 1 aliphatic carbocycles. The first-order valence-electron chi connectivity index (χ1n) is 4.50. The molecule has 0 heterocycles. The molecule has 0 unspecified atom stereocenters. The Morgan fingerprint density at radius 3 is 2.00 bits per heavy atom. The standard InChI is InChI=1S/C10H14O4.Na.H/c1-10(2)4-6(11)8(7(12)5-10)9(13)14-3;;/h8H,4-5H2,1-3H3;;. The molecule has 1 fully saturated rings. The van der Waals surface area contributed by atoms with E-state index >= 15 is 0 Å². The molecule has 0 aromatic carbocycles. The summed E-state index contributed by atoms with van der Waals surface area (Å²) < 4.78 is 4.42. The predicted octanol–water partition coefficient (Wildman–Crippen LogP) is 0.0853. The van der Waals surface area contributed by atoms with Gasteiger partial charge >= 0.3 is 35.5 Å². The molecule has 1 rings (SSSR count). The SMILES string of the molecule is COC(=O)C1C(=O)CC(C)(C)CC1=O.[NaH]. The summed E-state index contributed by atoms with van der Waals surface area (Å²) in [5, 5.41) is 0. The monoisotopic (exact) mass is 222 g/mol. The van der Waals surface area contributed by atoms with Crippen molar-refractivity contribution in [2.45, 2.75) is 26.7 Å². The third kappa shape index (κ3) is 3.40. The van der Waals surface area contributed by atoms with Gasteiger partial charge in [-0.2, -0.15) is 0 Å². The van der Waals surface area contributed by atoms with Gasteiger partial charge < -0.3 is 4.74 Å². The second kappa shape index (κ2) is 5.23. The molecule has 1 aliphatic rings. The second-order valence-corrected chi connectivity index (χ2v) is 4.41. The molecule has 0 aromatic rings. The Morgan fingerprint density at radius 2 is 1.67 bits per heavy atom. The zero-order chi connectivity index (χ0) is 10.9. The molecule has 80 valence electrons. The Hall–Kier alpha value is -0.190. The summed E-state index contributed by atoms with van der Waals surface area (Å²) in [6.45, 7) is 3.69. The first kappa shape index (κ1) is 14.8. The summed E-state index contributed by atoms with van der Waals surface area (Å²) in [7, 11) is 1.18. The van der Waals surface area contributed by atoms with Crippen molar-refractivity contribution in [3.63, 3.8) is 0 Å². The van der Waals surface area contributed by atoms with E-state index in [1.807, 2.05) is 13.8 Å². The third-order valence-corrected chi connectivity index (χ3v) is 2.39. The second-order valence-electron chi connectivity index (χ2n) is 4.41. The van der Waals surface area contributed by atoms with E-state index in [1.165, 1.54) is 7.11 Å². The molecule has 0 aliphatic heterocycles. The number of carbonyl (C=O) groups is 3. The number of carbonyl (C=O) groups excluding carboxylic acids is 3. The van der Waals surface area contributed by atoms with Crippen molar-refractivity contribution in [1.82, 2.24) is 0 Å². The third-order valence-electron chi connectivity index (χ3n) is 2.39. The first-order valence-corrected chi connectivity index (χ1v) is 4.50. The minimum atomic E-state index is -1.17. The zero-order valence-electron chi connectivity index (χ0n) is 8.62. The summed E-state index contributed by atoms with van der Waals surface area (Å²) in [6, 6.07) is 0. The fraction of sp³-hybridized carbons (Fsp3) is 0.700. The fourth-order valence-electron chi connectivity index (χ4n) is 1.77. The topological polar surface area (TPSA) is 60.4 Å². The normalized spacial score (nSPS) is 20.7. The Kier molecular flexibility index (Phi) is 5.17. The number of hydrogen-bond acceptors (Lipinski definition) is 4. The van der Waals surface area contributed by atoms with Crippen LogP contribution in [0.5, 0.6) is 0 Å². The van der Waals surface area contributed by atoms with Crippen LogP contribution >= 0.6 is 0 Å². The van der Waals surface area contributed by atoms with Gasteiger partial charge in [0.2, 0.25) is 0 Å². The number of rotatable bonds is 1. The number of ether oxygens (including phenoxy) is 1. The van der Waals surface area contributed by atoms with Crippen LogP contribution in [-0.4, -0.2) is 54.2 Å². The van der Waals surface area contributed by atoms with Gasteiger partial charge in [-0.05, 0) is 5.41 Å². The Morgan fingerprint density at radius 1 is 1.27 bits per heavy atom. The molecule has 0 N–H and O–H groups in total. The van der Waals surface area contributed by atoms with Gasteiger partial charge in [0.1, 0.15) is 0 Å². The van der Waals surface area contributed by atoms with Gasteiger partial charge in [-0.3, -0.25) is 14.4 Å². The van der Waals surface area contributed by atoms with Crippen molar-refractivity contribution in [1.29, 1.82) is 0 Å². The molecule has 1 saturated carbocycles. The van der Waals surface area contributed by atoms with Gasteiger partial charge in [0.15, 0.2) is 17.5 Å². The molecule has 0 saturated heterocycles. The van der Waals surface area contributed by atoms with E-state index in [9.17, 15) is 14.4 Å².